The molecule has 202 valence electrons. The van der Waals surface area contributed by atoms with Gasteiger partial charge in [-0.15, -0.1) is 0 Å². The van der Waals surface area contributed by atoms with E-state index in [1.165, 1.54) is 10.9 Å². The van der Waals surface area contributed by atoms with Crippen LogP contribution in [0.3, 0.4) is 0 Å². The summed E-state index contributed by atoms with van der Waals surface area (Å²) in [6.45, 7) is 3.73. The normalized spacial score (nSPS) is 24.9. The second-order valence-corrected chi connectivity index (χ2v) is 11.4. The lowest BCUT2D eigenvalue weighted by molar-refractivity contribution is -0.136. The molecule has 2 N–H and O–H groups in total. The fourth-order valence-electron chi connectivity index (χ4n) is 6.20. The second-order valence-electron chi connectivity index (χ2n) is 11.0. The Balaban J connectivity index is 1.12. The van der Waals surface area contributed by atoms with Crippen LogP contribution in [0.25, 0.3) is 10.9 Å². The largest absolute Gasteiger partial charge is 0.492 e. The minimum atomic E-state index is -4.58. The predicted octanol–water partition coefficient (Wildman–Crippen LogP) is 5.16. The fourth-order valence-corrected chi connectivity index (χ4v) is 6.38. The van der Waals surface area contributed by atoms with Crippen LogP contribution in [0.5, 0.6) is 5.75 Å². The highest BCUT2D eigenvalue weighted by Crippen LogP contribution is 2.47. The van der Waals surface area contributed by atoms with Crippen LogP contribution in [-0.4, -0.2) is 57.5 Å². The number of benzene rings is 2. The number of rotatable bonds is 5. The van der Waals surface area contributed by atoms with Crippen LogP contribution in [0.1, 0.15) is 49.8 Å². The number of hydrogen-bond donors (Lipinski definition) is 2. The summed E-state index contributed by atoms with van der Waals surface area (Å²) in [5.74, 6) is 0.127. The molecule has 1 spiro atoms. The molecule has 3 heterocycles. The van der Waals surface area contributed by atoms with Gasteiger partial charge in [0, 0.05) is 22.6 Å². The second kappa shape index (κ2) is 8.86. The Hall–Kier alpha value is -2.82. The number of nitrogens with zero attached hydrogens (tertiary/aromatic N) is 3. The van der Waals surface area contributed by atoms with E-state index < -0.39 is 22.8 Å². The number of likely N-dealkylation sites (tertiary alicyclic amines) is 1. The van der Waals surface area contributed by atoms with Gasteiger partial charge < -0.3 is 15.2 Å². The topological polar surface area (TPSA) is 79.6 Å². The number of nitrogens with one attached hydrogen (secondary N) is 1. The van der Waals surface area contributed by atoms with Gasteiger partial charge in [-0.25, -0.2) is 0 Å². The molecule has 0 unspecified atom stereocenters. The van der Waals surface area contributed by atoms with E-state index in [0.29, 0.717) is 55.7 Å². The smallest absolute Gasteiger partial charge is 0.418 e. The van der Waals surface area contributed by atoms with Gasteiger partial charge in [0.2, 0.25) is 5.91 Å². The van der Waals surface area contributed by atoms with Crippen molar-refractivity contribution in [1.29, 1.82) is 0 Å². The number of ether oxygens (including phenoxy) is 1. The molecule has 0 bridgehead atoms. The molecule has 2 aromatic carbocycles. The maximum atomic E-state index is 14.0. The Kier molecular flexibility index (Phi) is 5.93. The summed E-state index contributed by atoms with van der Waals surface area (Å²) < 4.78 is 49.2. The summed E-state index contributed by atoms with van der Waals surface area (Å²) in [4.78, 5) is 15.0. The van der Waals surface area contributed by atoms with Gasteiger partial charge in [0.1, 0.15) is 12.4 Å². The molecule has 2 fully saturated rings. The van der Waals surface area contributed by atoms with E-state index in [0.717, 1.165) is 17.3 Å². The summed E-state index contributed by atoms with van der Waals surface area (Å²) in [6, 6.07) is 7.79. The highest BCUT2D eigenvalue weighted by Gasteiger charge is 2.48. The predicted molar refractivity (Wildman–Crippen MR) is 137 cm³/mol. The zero-order valence-corrected chi connectivity index (χ0v) is 21.6. The molecule has 3 aliphatic rings. The Morgan fingerprint density at radius 3 is 2.63 bits per heavy atom. The lowest BCUT2D eigenvalue weighted by atomic mass is 9.73. The summed E-state index contributed by atoms with van der Waals surface area (Å²) >= 11 is 6.19. The summed E-state index contributed by atoms with van der Waals surface area (Å²) in [6.07, 6.45) is -1.18. The molecule has 1 saturated carbocycles. The quantitative estimate of drug-likeness (QED) is 0.460. The number of fused-ring (bicyclic) bond motifs is 3. The first-order valence-corrected chi connectivity index (χ1v) is 13.1. The van der Waals surface area contributed by atoms with Gasteiger partial charge in [0.15, 0.2) is 0 Å². The van der Waals surface area contributed by atoms with Crippen LogP contribution >= 0.6 is 11.6 Å². The van der Waals surface area contributed by atoms with Crippen molar-refractivity contribution in [2.75, 3.05) is 31.6 Å². The van der Waals surface area contributed by atoms with Gasteiger partial charge in [0.05, 0.1) is 34.3 Å². The molecular formula is C27H28ClF3N4O3. The first-order chi connectivity index (χ1) is 18.0. The minimum absolute atomic E-state index is 0.00953. The first-order valence-electron chi connectivity index (χ1n) is 12.7. The molecule has 11 heteroatoms. The van der Waals surface area contributed by atoms with Crippen LogP contribution < -0.4 is 10.1 Å². The number of carbonyl (C=O) groups excluding carboxylic acids is 1. The number of hydrogen-bond acceptors (Lipinski definition) is 5. The van der Waals surface area contributed by atoms with Crippen LogP contribution in [0.2, 0.25) is 5.02 Å². The van der Waals surface area contributed by atoms with Gasteiger partial charge in [-0.3, -0.25) is 14.4 Å². The van der Waals surface area contributed by atoms with E-state index in [9.17, 15) is 23.1 Å². The van der Waals surface area contributed by atoms with Crippen LogP contribution in [0, 0.1) is 0 Å². The maximum absolute atomic E-state index is 14.0. The van der Waals surface area contributed by atoms with Gasteiger partial charge in [-0.05, 0) is 81.6 Å². The van der Waals surface area contributed by atoms with E-state index in [1.807, 2.05) is 12.1 Å². The molecular weight excluding hydrogens is 521 g/mol. The van der Waals surface area contributed by atoms with E-state index in [4.69, 9.17) is 16.3 Å². The van der Waals surface area contributed by atoms with E-state index in [-0.39, 0.29) is 29.8 Å². The average molecular weight is 549 g/mol. The van der Waals surface area contributed by atoms with Crippen LogP contribution in [-0.2, 0) is 16.4 Å². The highest BCUT2D eigenvalue weighted by molar-refractivity contribution is 6.31. The van der Waals surface area contributed by atoms with E-state index in [2.05, 4.69) is 15.3 Å². The number of aromatic nitrogens is 2. The monoisotopic (exact) mass is 548 g/mol. The molecule has 7 nitrogen and oxygen atoms in total. The molecule has 1 amide bonds. The van der Waals surface area contributed by atoms with Crippen molar-refractivity contribution in [3.63, 3.8) is 0 Å². The third-order valence-electron chi connectivity index (χ3n) is 8.23. The summed E-state index contributed by atoms with van der Waals surface area (Å²) in [5.41, 5.74) is -0.516. The Labute approximate surface area is 222 Å². The maximum Gasteiger partial charge on any atom is 0.418 e. The zero-order valence-electron chi connectivity index (χ0n) is 20.8. The van der Waals surface area contributed by atoms with Gasteiger partial charge in [-0.1, -0.05) is 11.6 Å². The van der Waals surface area contributed by atoms with Gasteiger partial charge in [0.25, 0.3) is 0 Å². The third kappa shape index (κ3) is 4.32. The summed E-state index contributed by atoms with van der Waals surface area (Å²) in [5, 5.41) is 18.2. The average Bonchev–Trinajstić information content (AvgIpc) is 3.37. The number of amides is 1. The number of halogens is 4. The van der Waals surface area contributed by atoms with Crippen LogP contribution in [0.4, 0.5) is 18.9 Å². The molecule has 0 atom stereocenters. The summed E-state index contributed by atoms with van der Waals surface area (Å²) in [7, 11) is 0. The van der Waals surface area contributed by atoms with Crippen molar-refractivity contribution < 1.29 is 27.8 Å². The Morgan fingerprint density at radius 2 is 1.95 bits per heavy atom. The molecule has 3 aromatic rings. The SMILES string of the molecule is C[C@]1(O)C[C@@H](n2ncc3cc(OCCN4CCC5(CC4)C(=O)Nc4ccc(Cl)cc45)cc(C(F)(F)F)c32)C1. The molecule has 1 aromatic heterocycles. The van der Waals surface area contributed by atoms with Crippen LogP contribution in [0.15, 0.2) is 36.5 Å². The zero-order chi connectivity index (χ0) is 26.9. The number of alkyl halides is 3. The molecule has 2 aliphatic heterocycles. The van der Waals surface area contributed by atoms with Crippen molar-refractivity contribution in [2.45, 2.75) is 55.8 Å². The number of aliphatic hydroxyl groups is 1. The van der Waals surface area contributed by atoms with Gasteiger partial charge in [-0.2, -0.15) is 18.3 Å². The van der Waals surface area contributed by atoms with E-state index >= 15 is 0 Å². The highest BCUT2D eigenvalue weighted by atomic mass is 35.5. The molecule has 38 heavy (non-hydrogen) atoms. The fraction of sp³-hybridized carbons (Fsp3) is 0.481. The molecule has 6 rings (SSSR count). The molecule has 1 saturated heterocycles. The number of anilines is 1. The minimum Gasteiger partial charge on any atom is -0.492 e. The Bertz CT molecular complexity index is 1400. The van der Waals surface area contributed by atoms with Crippen molar-refractivity contribution in [3.8, 4) is 5.75 Å². The third-order valence-corrected chi connectivity index (χ3v) is 8.47. The van der Waals surface area contributed by atoms with Crippen molar-refractivity contribution >= 4 is 34.1 Å². The van der Waals surface area contributed by atoms with Crippen molar-refractivity contribution in [1.82, 2.24) is 14.7 Å². The van der Waals surface area contributed by atoms with Crippen molar-refractivity contribution in [2.24, 2.45) is 0 Å². The molecule has 0 radical (unpaired) electrons. The first kappa shape index (κ1) is 25.5. The standard InChI is InChI=1S/C27H28ClF3N4O3/c1-25(37)13-18(14-25)35-23-16(15-32-35)10-19(12-21(23)27(29,30)31)38-9-8-34-6-4-26(5-7-34)20-11-17(28)2-3-22(20)33-24(26)36/h2-3,10-12,15,18,37H,4-9,13-14H2,1H3,(H,33,36)/t18-,25+. The molecule has 1 aliphatic carbocycles. The van der Waals surface area contributed by atoms with Gasteiger partial charge >= 0.3 is 6.18 Å². The lowest BCUT2D eigenvalue weighted by Gasteiger charge is -2.41. The van der Waals surface area contributed by atoms with E-state index in [1.54, 1.807) is 19.1 Å². The number of carbonyl (C=O) groups is 1. The lowest BCUT2D eigenvalue weighted by Crippen LogP contribution is -2.47. The Morgan fingerprint density at radius 1 is 1.21 bits per heavy atom. The number of piperidine rings is 1. The van der Waals surface area contributed by atoms with Crippen molar-refractivity contribution in [3.05, 3.63) is 52.7 Å².